The molecule has 0 bridgehead atoms. The molecule has 0 aliphatic rings. The number of amides is 1. The van der Waals surface area contributed by atoms with Crippen LogP contribution in [0.1, 0.15) is 31.7 Å². The average Bonchev–Trinajstić information content (AvgIpc) is 3.15. The summed E-state index contributed by atoms with van der Waals surface area (Å²) in [5, 5.41) is 0. The van der Waals surface area contributed by atoms with Crippen LogP contribution in [0.25, 0.3) is 28.5 Å². The van der Waals surface area contributed by atoms with Gasteiger partial charge in [0, 0.05) is 23.9 Å². The zero-order valence-corrected chi connectivity index (χ0v) is 28.4. The van der Waals surface area contributed by atoms with Crippen LogP contribution in [-0.2, 0) is 14.8 Å². The first-order chi connectivity index (χ1) is 24.3. The van der Waals surface area contributed by atoms with Gasteiger partial charge in [-0.2, -0.15) is 0 Å². The van der Waals surface area contributed by atoms with Crippen molar-refractivity contribution in [3.05, 3.63) is 121 Å². The highest BCUT2D eigenvalue weighted by molar-refractivity contribution is 7.90. The van der Waals surface area contributed by atoms with Crippen molar-refractivity contribution in [2.45, 2.75) is 31.1 Å². The topological polar surface area (TPSA) is 155 Å². The predicted molar refractivity (Wildman–Crippen MR) is 194 cm³/mol. The summed E-state index contributed by atoms with van der Waals surface area (Å²) in [5.41, 5.74) is 6.98. The quantitative estimate of drug-likeness (QED) is 0.0418. The number of ether oxygens (including phenoxy) is 3. The van der Waals surface area contributed by atoms with E-state index < -0.39 is 15.9 Å². The highest BCUT2D eigenvalue weighted by Gasteiger charge is 2.17. The Morgan fingerprint density at radius 2 is 1.50 bits per heavy atom. The van der Waals surface area contributed by atoms with Gasteiger partial charge in [0.15, 0.2) is 11.5 Å². The van der Waals surface area contributed by atoms with Crippen molar-refractivity contribution < 1.29 is 27.4 Å². The molecule has 0 unspecified atom stereocenters. The van der Waals surface area contributed by atoms with Gasteiger partial charge in [0.1, 0.15) is 10.7 Å². The summed E-state index contributed by atoms with van der Waals surface area (Å²) >= 11 is 0. The van der Waals surface area contributed by atoms with E-state index in [9.17, 15) is 13.2 Å². The van der Waals surface area contributed by atoms with Crippen molar-refractivity contribution in [2.24, 2.45) is 5.84 Å². The van der Waals surface area contributed by atoms with Crippen LogP contribution in [0.3, 0.4) is 0 Å². The molecule has 258 valence electrons. The van der Waals surface area contributed by atoms with Gasteiger partial charge < -0.3 is 19.6 Å². The highest BCUT2D eigenvalue weighted by Crippen LogP contribution is 2.30. The third-order valence-electron chi connectivity index (χ3n) is 7.40. The van der Waals surface area contributed by atoms with Crippen molar-refractivity contribution in [1.82, 2.24) is 14.7 Å². The van der Waals surface area contributed by atoms with Crippen LogP contribution in [0.4, 0.5) is 5.82 Å². The van der Waals surface area contributed by atoms with Crippen molar-refractivity contribution in [2.75, 3.05) is 25.2 Å². The zero-order chi connectivity index (χ0) is 35.2. The summed E-state index contributed by atoms with van der Waals surface area (Å²) in [6.07, 6.45) is 6.23. The van der Waals surface area contributed by atoms with E-state index >= 15 is 0 Å². The number of carbonyl (C=O) groups excluding carboxylic acids is 1. The number of nitrogens with two attached hydrogens (primary N) is 1. The smallest absolute Gasteiger partial charge is 0.265 e. The molecule has 11 nitrogen and oxygen atoms in total. The van der Waals surface area contributed by atoms with E-state index in [1.807, 2.05) is 66.2 Å². The normalized spacial score (nSPS) is 11.2. The van der Waals surface area contributed by atoms with Crippen LogP contribution < -0.4 is 30.2 Å². The van der Waals surface area contributed by atoms with Gasteiger partial charge in [-0.1, -0.05) is 66.7 Å². The summed E-state index contributed by atoms with van der Waals surface area (Å²) in [4.78, 5) is 20.8. The number of hydrogen-bond donors (Lipinski definition) is 3. The fourth-order valence-corrected chi connectivity index (χ4v) is 5.80. The van der Waals surface area contributed by atoms with E-state index in [1.54, 1.807) is 18.2 Å². The molecule has 0 aliphatic heterocycles. The largest absolute Gasteiger partial charge is 0.490 e. The van der Waals surface area contributed by atoms with E-state index in [0.717, 1.165) is 53.9 Å². The molecule has 5 rings (SSSR count). The number of anilines is 1. The van der Waals surface area contributed by atoms with Gasteiger partial charge in [0.25, 0.3) is 15.9 Å². The van der Waals surface area contributed by atoms with Crippen molar-refractivity contribution >= 4 is 27.8 Å². The van der Waals surface area contributed by atoms with Gasteiger partial charge in [0.2, 0.25) is 5.88 Å². The molecule has 2 aromatic heterocycles. The van der Waals surface area contributed by atoms with Crippen molar-refractivity contribution in [3.8, 4) is 39.8 Å². The summed E-state index contributed by atoms with van der Waals surface area (Å²) in [5.74, 6) is 6.41. The number of carbonyl (C=O) groups is 1. The second kappa shape index (κ2) is 17.6. The minimum Gasteiger partial charge on any atom is -0.490 e. The molecule has 0 spiro atoms. The minimum absolute atomic E-state index is 0.172. The number of aromatic nitrogens is 2. The number of rotatable bonds is 17. The van der Waals surface area contributed by atoms with Crippen LogP contribution in [-0.4, -0.2) is 44.1 Å². The van der Waals surface area contributed by atoms with Crippen LogP contribution in [0.2, 0.25) is 0 Å². The summed E-state index contributed by atoms with van der Waals surface area (Å²) in [6.45, 7) is 3.28. The Balaban J connectivity index is 1.10. The first kappa shape index (κ1) is 35.6. The Morgan fingerprint density at radius 3 is 2.18 bits per heavy atom. The summed E-state index contributed by atoms with van der Waals surface area (Å²) in [6, 6.07) is 32.2. The molecule has 2 heterocycles. The van der Waals surface area contributed by atoms with Gasteiger partial charge in [-0.25, -0.2) is 29.0 Å². The molecule has 0 fully saturated rings. The maximum Gasteiger partial charge on any atom is 0.265 e. The van der Waals surface area contributed by atoms with Gasteiger partial charge in [0.05, 0.1) is 25.5 Å². The number of pyridine rings is 2. The van der Waals surface area contributed by atoms with Gasteiger partial charge in [-0.15, -0.1) is 0 Å². The lowest BCUT2D eigenvalue weighted by Crippen LogP contribution is -2.29. The number of nitrogen functional groups attached to an aromatic ring is 1. The Hall–Kier alpha value is -5.72. The molecule has 12 heteroatoms. The van der Waals surface area contributed by atoms with E-state index in [-0.39, 0.29) is 10.7 Å². The summed E-state index contributed by atoms with van der Waals surface area (Å²) in [7, 11) is -4.11. The zero-order valence-electron chi connectivity index (χ0n) is 27.6. The molecule has 0 aliphatic carbocycles. The molecule has 0 saturated heterocycles. The third-order valence-corrected chi connectivity index (χ3v) is 8.73. The number of nitrogens with zero attached hydrogens (tertiary/aromatic N) is 2. The first-order valence-electron chi connectivity index (χ1n) is 16.2. The number of hydrazine groups is 1. The minimum atomic E-state index is -4.11. The fraction of sp³-hybridized carbons (Fsp3) is 0.184. The average molecular weight is 694 g/mol. The molecule has 0 atom stereocenters. The maximum absolute atomic E-state index is 12.5. The van der Waals surface area contributed by atoms with E-state index in [0.29, 0.717) is 42.8 Å². The third kappa shape index (κ3) is 10.1. The maximum atomic E-state index is 12.5. The summed E-state index contributed by atoms with van der Waals surface area (Å²) < 4.78 is 44.9. The molecule has 0 radical (unpaired) electrons. The molecule has 0 saturated carbocycles. The van der Waals surface area contributed by atoms with Crippen molar-refractivity contribution in [3.63, 3.8) is 0 Å². The van der Waals surface area contributed by atoms with Crippen LogP contribution in [0, 0.1) is 0 Å². The molecular weight excluding hydrogens is 655 g/mol. The van der Waals surface area contributed by atoms with E-state index in [2.05, 4.69) is 28.6 Å². The molecule has 4 N–H and O–H groups in total. The monoisotopic (exact) mass is 693 g/mol. The second-order valence-electron chi connectivity index (χ2n) is 11.0. The number of nitrogens with one attached hydrogen (secondary N) is 2. The predicted octanol–water partition coefficient (Wildman–Crippen LogP) is 6.64. The lowest BCUT2D eigenvalue weighted by Gasteiger charge is -2.13. The van der Waals surface area contributed by atoms with E-state index in [1.165, 1.54) is 18.2 Å². The van der Waals surface area contributed by atoms with Gasteiger partial charge >= 0.3 is 0 Å². The molecule has 1 amide bonds. The van der Waals surface area contributed by atoms with E-state index in [4.69, 9.17) is 25.0 Å². The molecule has 5 aromatic rings. The van der Waals surface area contributed by atoms with Crippen LogP contribution in [0.15, 0.2) is 120 Å². The van der Waals surface area contributed by atoms with Crippen molar-refractivity contribution in [1.29, 1.82) is 0 Å². The number of unbranched alkanes of at least 4 members (excludes halogenated alkanes) is 2. The lowest BCUT2D eigenvalue weighted by atomic mass is 10.0. The Morgan fingerprint density at radius 1 is 0.780 bits per heavy atom. The fourth-order valence-electron chi connectivity index (χ4n) is 4.91. The van der Waals surface area contributed by atoms with Gasteiger partial charge in [-0.05, 0) is 79.3 Å². The molecule has 3 aromatic carbocycles. The molecule has 50 heavy (non-hydrogen) atoms. The molecular formula is C38H39N5O6S. The SMILES string of the molecule is CCOc1cc(/C=C/C(=O)NS(=O)(=O)c2ccc(NN)nc2)ccc1OCCCCCOc1cc(-c2ccccc2)cc(-c2ccccc2)n1. The number of benzene rings is 3. The Bertz CT molecular complexity index is 1930. The Kier molecular flexibility index (Phi) is 12.5. The first-order valence-corrected chi connectivity index (χ1v) is 17.7. The van der Waals surface area contributed by atoms with Crippen LogP contribution >= 0.6 is 0 Å². The second-order valence-corrected chi connectivity index (χ2v) is 12.7. The lowest BCUT2D eigenvalue weighted by molar-refractivity contribution is -0.114. The van der Waals surface area contributed by atoms with Crippen LogP contribution in [0.5, 0.6) is 17.4 Å². The number of hydrogen-bond acceptors (Lipinski definition) is 10. The Labute approximate surface area is 292 Å². The van der Waals surface area contributed by atoms with Gasteiger partial charge in [-0.3, -0.25) is 4.79 Å². The highest BCUT2D eigenvalue weighted by atomic mass is 32.2. The standard InChI is InChI=1S/C38H39N5O6S/c1-2-47-35-24-28(17-21-37(44)43-50(45,46)32-18-20-36(42-39)40-27-32)16-19-34(35)48-22-10-5-11-23-49-38-26-31(29-12-6-3-7-13-29)25-33(41-38)30-14-8-4-9-15-30/h3-4,6-9,12-21,24-27H,2,5,10-11,22-23,39H2,1H3,(H,40,42)(H,43,44)/b21-17+. The number of sulfonamides is 1.